The van der Waals surface area contributed by atoms with Gasteiger partial charge in [-0.25, -0.2) is 13.6 Å². The van der Waals surface area contributed by atoms with Crippen molar-refractivity contribution in [1.82, 2.24) is 5.32 Å². The molecule has 1 atom stereocenters. The van der Waals surface area contributed by atoms with Gasteiger partial charge in [-0.1, -0.05) is 25.0 Å². The number of esters is 1. The number of carbonyl (C=O) groups excluding carboxylic acids is 2. The Morgan fingerprint density at radius 2 is 1.83 bits per heavy atom. The molecule has 3 N–H and O–H groups in total. The summed E-state index contributed by atoms with van der Waals surface area (Å²) in [7, 11) is -3.74. The molecule has 1 saturated carbocycles. The number of rotatable bonds is 6. The van der Waals surface area contributed by atoms with Gasteiger partial charge in [0.2, 0.25) is 10.0 Å². The SMILES string of the molecule is C[C@H](NC(=O)COC(=O)C1CCCC1)c1ccc(S(N)(=O)=O)cc1. The predicted octanol–water partition coefficient (Wildman–Crippen LogP) is 1.24. The summed E-state index contributed by atoms with van der Waals surface area (Å²) in [5, 5.41) is 7.74. The van der Waals surface area contributed by atoms with Crippen molar-refractivity contribution in [3.05, 3.63) is 29.8 Å². The van der Waals surface area contributed by atoms with Gasteiger partial charge >= 0.3 is 5.97 Å². The van der Waals surface area contributed by atoms with Crippen LogP contribution in [0.3, 0.4) is 0 Å². The predicted molar refractivity (Wildman–Crippen MR) is 87.3 cm³/mol. The Labute approximate surface area is 141 Å². The molecule has 24 heavy (non-hydrogen) atoms. The molecule has 1 fully saturated rings. The maximum atomic E-state index is 11.9. The fraction of sp³-hybridized carbons (Fsp3) is 0.500. The summed E-state index contributed by atoms with van der Waals surface area (Å²) in [5.74, 6) is -0.793. The molecule has 8 heteroatoms. The number of nitrogens with two attached hydrogens (primary N) is 1. The van der Waals surface area contributed by atoms with Crippen molar-refractivity contribution in [1.29, 1.82) is 0 Å². The van der Waals surface area contributed by atoms with E-state index in [1.807, 2.05) is 0 Å². The fourth-order valence-corrected chi connectivity index (χ4v) is 3.24. The molecule has 1 amide bonds. The molecule has 0 aromatic heterocycles. The first kappa shape index (κ1) is 18.4. The Balaban J connectivity index is 1.83. The molecule has 0 aliphatic heterocycles. The molecule has 1 aromatic carbocycles. The zero-order chi connectivity index (χ0) is 17.7. The normalized spacial score (nSPS) is 16.6. The zero-order valence-corrected chi connectivity index (χ0v) is 14.3. The van der Waals surface area contributed by atoms with Crippen molar-refractivity contribution >= 4 is 21.9 Å². The first-order valence-electron chi connectivity index (χ1n) is 7.86. The summed E-state index contributed by atoms with van der Waals surface area (Å²) >= 11 is 0. The minimum absolute atomic E-state index is 0.00951. The van der Waals surface area contributed by atoms with E-state index in [2.05, 4.69) is 5.32 Å². The van der Waals surface area contributed by atoms with Crippen LogP contribution >= 0.6 is 0 Å². The molecule has 0 bridgehead atoms. The van der Waals surface area contributed by atoms with Crippen molar-refractivity contribution < 1.29 is 22.7 Å². The van der Waals surface area contributed by atoms with Gasteiger partial charge in [-0.15, -0.1) is 0 Å². The van der Waals surface area contributed by atoms with Gasteiger partial charge in [0.25, 0.3) is 5.91 Å². The molecule has 7 nitrogen and oxygen atoms in total. The van der Waals surface area contributed by atoms with Crippen LogP contribution in [0.5, 0.6) is 0 Å². The molecule has 0 saturated heterocycles. The molecule has 2 rings (SSSR count). The number of carbonyl (C=O) groups is 2. The van der Waals surface area contributed by atoms with Crippen molar-refractivity contribution in [3.63, 3.8) is 0 Å². The molecule has 0 unspecified atom stereocenters. The molecular formula is C16H22N2O5S. The minimum Gasteiger partial charge on any atom is -0.455 e. The van der Waals surface area contributed by atoms with Gasteiger partial charge in [0.05, 0.1) is 16.9 Å². The maximum Gasteiger partial charge on any atom is 0.309 e. The van der Waals surface area contributed by atoms with Gasteiger partial charge in [0.15, 0.2) is 6.61 Å². The number of ether oxygens (including phenoxy) is 1. The number of amides is 1. The quantitative estimate of drug-likeness (QED) is 0.746. The van der Waals surface area contributed by atoms with E-state index < -0.39 is 15.9 Å². The molecular weight excluding hydrogens is 332 g/mol. The van der Waals surface area contributed by atoms with E-state index in [9.17, 15) is 18.0 Å². The third-order valence-corrected chi connectivity index (χ3v) is 5.05. The summed E-state index contributed by atoms with van der Waals surface area (Å²) < 4.78 is 27.5. The highest BCUT2D eigenvalue weighted by Gasteiger charge is 2.24. The van der Waals surface area contributed by atoms with Crippen molar-refractivity contribution in [2.24, 2.45) is 11.1 Å². The standard InChI is InChI=1S/C16H22N2O5S/c1-11(12-6-8-14(9-7-12)24(17,21)22)18-15(19)10-23-16(20)13-4-2-3-5-13/h6-9,11,13H,2-5,10H2,1H3,(H,18,19)(H2,17,21,22)/t11-/m0/s1. The minimum atomic E-state index is -3.74. The molecule has 1 aliphatic carbocycles. The fourth-order valence-electron chi connectivity index (χ4n) is 2.73. The van der Waals surface area contributed by atoms with Crippen molar-refractivity contribution in [2.45, 2.75) is 43.5 Å². The highest BCUT2D eigenvalue weighted by Crippen LogP contribution is 2.25. The topological polar surface area (TPSA) is 116 Å². The summed E-state index contributed by atoms with van der Waals surface area (Å²) in [6.07, 6.45) is 3.70. The van der Waals surface area contributed by atoms with Crippen LogP contribution < -0.4 is 10.5 Å². The van der Waals surface area contributed by atoms with Gasteiger partial charge in [-0.2, -0.15) is 0 Å². The number of hydrogen-bond donors (Lipinski definition) is 2. The number of primary sulfonamides is 1. The summed E-state index contributed by atoms with van der Waals surface area (Å²) in [5.41, 5.74) is 0.720. The van der Waals surface area contributed by atoms with E-state index in [4.69, 9.17) is 9.88 Å². The third kappa shape index (κ3) is 5.04. The highest BCUT2D eigenvalue weighted by atomic mass is 32.2. The zero-order valence-electron chi connectivity index (χ0n) is 13.5. The van der Waals surface area contributed by atoms with Gasteiger partial charge in [-0.3, -0.25) is 9.59 Å². The van der Waals surface area contributed by atoms with Crippen LogP contribution in [0.25, 0.3) is 0 Å². The van der Waals surface area contributed by atoms with Gasteiger partial charge in [0, 0.05) is 0 Å². The van der Waals surface area contributed by atoms with E-state index in [1.165, 1.54) is 12.1 Å². The van der Waals surface area contributed by atoms with Gasteiger partial charge in [0.1, 0.15) is 0 Å². The average molecular weight is 354 g/mol. The Kier molecular flexibility index (Phi) is 5.95. The van der Waals surface area contributed by atoms with Gasteiger partial charge < -0.3 is 10.1 Å². The van der Waals surface area contributed by atoms with Crippen LogP contribution in [0.2, 0.25) is 0 Å². The van der Waals surface area contributed by atoms with Crippen LogP contribution in [0.1, 0.15) is 44.2 Å². The average Bonchev–Trinajstić information content (AvgIpc) is 3.06. The van der Waals surface area contributed by atoms with Gasteiger partial charge in [-0.05, 0) is 37.5 Å². The lowest BCUT2D eigenvalue weighted by Crippen LogP contribution is -2.32. The van der Waals surface area contributed by atoms with E-state index in [0.29, 0.717) is 0 Å². The Hall–Kier alpha value is -1.93. The highest BCUT2D eigenvalue weighted by molar-refractivity contribution is 7.89. The lowest BCUT2D eigenvalue weighted by molar-refractivity contribution is -0.152. The Bertz CT molecular complexity index is 694. The van der Waals surface area contributed by atoms with Crippen LogP contribution in [0.4, 0.5) is 0 Å². The number of hydrogen-bond acceptors (Lipinski definition) is 5. The second-order valence-electron chi connectivity index (χ2n) is 5.99. The molecule has 1 aromatic rings. The molecule has 132 valence electrons. The first-order valence-corrected chi connectivity index (χ1v) is 9.41. The summed E-state index contributed by atoms with van der Waals surface area (Å²) in [6.45, 7) is 1.44. The van der Waals surface area contributed by atoms with E-state index in [0.717, 1.165) is 31.2 Å². The molecule has 0 radical (unpaired) electrons. The number of sulfonamides is 1. The molecule has 0 spiro atoms. The molecule has 1 aliphatic rings. The monoisotopic (exact) mass is 354 g/mol. The number of nitrogens with one attached hydrogen (secondary N) is 1. The Morgan fingerprint density at radius 3 is 2.38 bits per heavy atom. The van der Waals surface area contributed by atoms with Crippen LogP contribution in [0, 0.1) is 5.92 Å². The lowest BCUT2D eigenvalue weighted by Gasteiger charge is -2.15. The third-order valence-electron chi connectivity index (χ3n) is 4.12. The van der Waals surface area contributed by atoms with Crippen LogP contribution in [-0.4, -0.2) is 26.9 Å². The Morgan fingerprint density at radius 1 is 1.25 bits per heavy atom. The van der Waals surface area contributed by atoms with Crippen molar-refractivity contribution in [2.75, 3.05) is 6.61 Å². The first-order chi connectivity index (χ1) is 11.3. The summed E-state index contributed by atoms with van der Waals surface area (Å²) in [6, 6.07) is 5.57. The van der Waals surface area contributed by atoms with Crippen molar-refractivity contribution in [3.8, 4) is 0 Å². The van der Waals surface area contributed by atoms with E-state index >= 15 is 0 Å². The lowest BCUT2D eigenvalue weighted by atomic mass is 10.1. The molecule has 0 heterocycles. The van der Waals surface area contributed by atoms with E-state index in [-0.39, 0.29) is 29.4 Å². The summed E-state index contributed by atoms with van der Waals surface area (Å²) in [4.78, 5) is 23.6. The van der Waals surface area contributed by atoms with Crippen LogP contribution in [0.15, 0.2) is 29.2 Å². The number of benzene rings is 1. The second-order valence-corrected chi connectivity index (χ2v) is 7.55. The van der Waals surface area contributed by atoms with Crippen LogP contribution in [-0.2, 0) is 24.3 Å². The van der Waals surface area contributed by atoms with E-state index in [1.54, 1.807) is 19.1 Å². The second kappa shape index (κ2) is 7.76. The smallest absolute Gasteiger partial charge is 0.309 e. The maximum absolute atomic E-state index is 11.9. The largest absolute Gasteiger partial charge is 0.455 e.